The first-order chi connectivity index (χ1) is 9.47. The quantitative estimate of drug-likeness (QED) is 0.804. The Labute approximate surface area is 118 Å². The van der Waals surface area contributed by atoms with Crippen LogP contribution >= 0.6 is 0 Å². The molecule has 1 aromatic carbocycles. The van der Waals surface area contributed by atoms with Crippen molar-refractivity contribution in [2.45, 2.75) is 32.8 Å². The predicted octanol–water partition coefficient (Wildman–Crippen LogP) is 3.13. The Morgan fingerprint density at radius 1 is 1.10 bits per heavy atom. The van der Waals surface area contributed by atoms with E-state index in [0.29, 0.717) is 0 Å². The molecule has 0 aliphatic heterocycles. The molecule has 0 aliphatic rings. The van der Waals surface area contributed by atoms with Gasteiger partial charge in [0.05, 0.1) is 11.9 Å². The van der Waals surface area contributed by atoms with Crippen molar-refractivity contribution in [1.82, 2.24) is 9.97 Å². The van der Waals surface area contributed by atoms with Crippen molar-refractivity contribution in [3.63, 3.8) is 0 Å². The maximum Gasteiger partial charge on any atom is 0.358 e. The average molecular weight is 270 g/mol. The standard InChI is InChI=1S/C16H18N2O2/c1-16(2,3)14-10-17-13(9-18-14)15(19)20-11-12-7-5-4-6-8-12/h4-10H,11H2,1-3H3. The normalized spacial score (nSPS) is 11.2. The lowest BCUT2D eigenvalue weighted by Crippen LogP contribution is -2.16. The number of hydrogen-bond donors (Lipinski definition) is 0. The number of hydrogen-bond acceptors (Lipinski definition) is 4. The fourth-order valence-electron chi connectivity index (χ4n) is 1.62. The third kappa shape index (κ3) is 3.63. The highest BCUT2D eigenvalue weighted by Gasteiger charge is 2.17. The fourth-order valence-corrected chi connectivity index (χ4v) is 1.62. The van der Waals surface area contributed by atoms with Gasteiger partial charge in [0, 0.05) is 11.6 Å². The summed E-state index contributed by atoms with van der Waals surface area (Å²) < 4.78 is 5.20. The van der Waals surface area contributed by atoms with Gasteiger partial charge < -0.3 is 4.74 Å². The van der Waals surface area contributed by atoms with E-state index in [1.807, 2.05) is 51.1 Å². The molecule has 0 aliphatic carbocycles. The minimum atomic E-state index is -0.457. The van der Waals surface area contributed by atoms with E-state index in [1.54, 1.807) is 6.20 Å². The van der Waals surface area contributed by atoms with Gasteiger partial charge in [-0.25, -0.2) is 9.78 Å². The molecule has 2 aromatic rings. The van der Waals surface area contributed by atoms with E-state index in [0.717, 1.165) is 11.3 Å². The van der Waals surface area contributed by atoms with Gasteiger partial charge in [-0.15, -0.1) is 0 Å². The summed E-state index contributed by atoms with van der Waals surface area (Å²) in [4.78, 5) is 20.2. The molecule has 4 nitrogen and oxygen atoms in total. The first-order valence-corrected chi connectivity index (χ1v) is 6.50. The molecule has 0 bridgehead atoms. The van der Waals surface area contributed by atoms with Crippen molar-refractivity contribution in [2.75, 3.05) is 0 Å². The van der Waals surface area contributed by atoms with Crippen LogP contribution in [0.3, 0.4) is 0 Å². The third-order valence-corrected chi connectivity index (χ3v) is 2.84. The van der Waals surface area contributed by atoms with Crippen LogP contribution in [0.25, 0.3) is 0 Å². The molecule has 0 N–H and O–H groups in total. The number of carbonyl (C=O) groups excluding carboxylic acids is 1. The van der Waals surface area contributed by atoms with E-state index in [9.17, 15) is 4.79 Å². The van der Waals surface area contributed by atoms with E-state index in [1.165, 1.54) is 6.20 Å². The highest BCUT2D eigenvalue weighted by atomic mass is 16.5. The van der Waals surface area contributed by atoms with Crippen molar-refractivity contribution in [1.29, 1.82) is 0 Å². The maximum absolute atomic E-state index is 11.9. The zero-order valence-corrected chi connectivity index (χ0v) is 12.0. The van der Waals surface area contributed by atoms with Gasteiger partial charge in [0.25, 0.3) is 0 Å². The molecule has 0 radical (unpaired) electrons. The Bertz CT molecular complexity index is 572. The second kappa shape index (κ2) is 5.82. The highest BCUT2D eigenvalue weighted by molar-refractivity contribution is 5.86. The first kappa shape index (κ1) is 14.2. The van der Waals surface area contributed by atoms with E-state index in [-0.39, 0.29) is 17.7 Å². The number of esters is 1. The zero-order chi connectivity index (χ0) is 14.6. The minimum Gasteiger partial charge on any atom is -0.456 e. The zero-order valence-electron chi connectivity index (χ0n) is 12.0. The number of rotatable bonds is 3. The Morgan fingerprint density at radius 2 is 1.80 bits per heavy atom. The van der Waals surface area contributed by atoms with Crippen LogP contribution in [0.5, 0.6) is 0 Å². The van der Waals surface area contributed by atoms with Crippen LogP contribution in [0.15, 0.2) is 42.7 Å². The largest absolute Gasteiger partial charge is 0.456 e. The summed E-state index contributed by atoms with van der Waals surface area (Å²) in [5.74, 6) is -0.457. The Morgan fingerprint density at radius 3 is 2.35 bits per heavy atom. The number of benzene rings is 1. The number of aromatic nitrogens is 2. The molecular weight excluding hydrogens is 252 g/mol. The molecule has 4 heteroatoms. The third-order valence-electron chi connectivity index (χ3n) is 2.84. The number of ether oxygens (including phenoxy) is 1. The summed E-state index contributed by atoms with van der Waals surface area (Å²) in [6.45, 7) is 6.38. The van der Waals surface area contributed by atoms with Gasteiger partial charge in [-0.3, -0.25) is 4.98 Å². The van der Waals surface area contributed by atoms with Crippen LogP contribution in [0, 0.1) is 0 Å². The molecule has 0 fully saturated rings. The minimum absolute atomic E-state index is 0.0839. The fraction of sp³-hybridized carbons (Fsp3) is 0.312. The summed E-state index contributed by atoms with van der Waals surface area (Å²) in [6, 6.07) is 9.54. The summed E-state index contributed by atoms with van der Waals surface area (Å²) >= 11 is 0. The van der Waals surface area contributed by atoms with Gasteiger partial charge in [0.15, 0.2) is 5.69 Å². The van der Waals surface area contributed by atoms with Crippen LogP contribution in [0.4, 0.5) is 0 Å². The van der Waals surface area contributed by atoms with Crippen molar-refractivity contribution in [3.8, 4) is 0 Å². The number of carbonyl (C=O) groups is 1. The lowest BCUT2D eigenvalue weighted by Gasteiger charge is -2.16. The summed E-state index contributed by atoms with van der Waals surface area (Å²) in [5.41, 5.74) is 1.94. The van der Waals surface area contributed by atoms with Crippen LogP contribution < -0.4 is 0 Å². The van der Waals surface area contributed by atoms with Crippen LogP contribution in [-0.4, -0.2) is 15.9 Å². The van der Waals surface area contributed by atoms with Crippen molar-refractivity contribution < 1.29 is 9.53 Å². The Kier molecular flexibility index (Phi) is 4.13. The van der Waals surface area contributed by atoms with Crippen LogP contribution in [0.2, 0.25) is 0 Å². The monoisotopic (exact) mass is 270 g/mol. The van der Waals surface area contributed by atoms with E-state index in [2.05, 4.69) is 9.97 Å². The number of nitrogens with zero attached hydrogens (tertiary/aromatic N) is 2. The maximum atomic E-state index is 11.9. The smallest absolute Gasteiger partial charge is 0.358 e. The van der Waals surface area contributed by atoms with E-state index >= 15 is 0 Å². The second-order valence-corrected chi connectivity index (χ2v) is 5.60. The van der Waals surface area contributed by atoms with Gasteiger partial charge >= 0.3 is 5.97 Å². The van der Waals surface area contributed by atoms with Crippen molar-refractivity contribution in [3.05, 3.63) is 59.7 Å². The topological polar surface area (TPSA) is 52.1 Å². The summed E-state index contributed by atoms with van der Waals surface area (Å²) in [6.07, 6.45) is 3.09. The Balaban J connectivity index is 1.99. The molecule has 0 atom stereocenters. The average Bonchev–Trinajstić information content (AvgIpc) is 2.45. The lowest BCUT2D eigenvalue weighted by molar-refractivity contribution is 0.0465. The molecule has 2 rings (SSSR count). The highest BCUT2D eigenvalue weighted by Crippen LogP contribution is 2.18. The van der Waals surface area contributed by atoms with Crippen molar-refractivity contribution in [2.24, 2.45) is 0 Å². The molecule has 0 unspecified atom stereocenters. The molecule has 0 spiro atoms. The molecular formula is C16H18N2O2. The molecule has 20 heavy (non-hydrogen) atoms. The van der Waals surface area contributed by atoms with E-state index < -0.39 is 5.97 Å². The molecule has 104 valence electrons. The lowest BCUT2D eigenvalue weighted by atomic mass is 9.93. The van der Waals surface area contributed by atoms with Gasteiger partial charge in [-0.05, 0) is 5.56 Å². The predicted molar refractivity (Wildman–Crippen MR) is 76.3 cm³/mol. The summed E-state index contributed by atoms with van der Waals surface area (Å²) in [5, 5.41) is 0. The molecule has 0 saturated carbocycles. The molecule has 1 aromatic heterocycles. The van der Waals surface area contributed by atoms with Crippen molar-refractivity contribution >= 4 is 5.97 Å². The van der Waals surface area contributed by atoms with Gasteiger partial charge in [0.1, 0.15) is 6.61 Å². The molecule has 0 saturated heterocycles. The van der Waals surface area contributed by atoms with Crippen LogP contribution in [0.1, 0.15) is 42.5 Å². The summed E-state index contributed by atoms with van der Waals surface area (Å²) in [7, 11) is 0. The second-order valence-electron chi connectivity index (χ2n) is 5.60. The van der Waals surface area contributed by atoms with Crippen LogP contribution in [-0.2, 0) is 16.8 Å². The molecule has 1 heterocycles. The van der Waals surface area contributed by atoms with Gasteiger partial charge in [0.2, 0.25) is 0 Å². The van der Waals surface area contributed by atoms with Gasteiger partial charge in [-0.2, -0.15) is 0 Å². The van der Waals surface area contributed by atoms with Gasteiger partial charge in [-0.1, -0.05) is 51.1 Å². The Hall–Kier alpha value is -2.23. The SMILES string of the molecule is CC(C)(C)c1cnc(C(=O)OCc2ccccc2)cn1. The first-order valence-electron chi connectivity index (χ1n) is 6.50. The molecule has 0 amide bonds. The van der Waals surface area contributed by atoms with E-state index in [4.69, 9.17) is 4.74 Å².